The van der Waals surface area contributed by atoms with Gasteiger partial charge in [-0.3, -0.25) is 14.5 Å². The fourth-order valence-corrected chi connectivity index (χ4v) is 2.23. The summed E-state index contributed by atoms with van der Waals surface area (Å²) in [4.78, 5) is 36.6. The molecule has 1 saturated heterocycles. The molecule has 2 N–H and O–H groups in total. The Hall–Kier alpha value is -2.44. The van der Waals surface area contributed by atoms with Crippen LogP contribution in [0.3, 0.4) is 0 Å². The maximum atomic E-state index is 12.9. The predicted octanol–water partition coefficient (Wildman–Crippen LogP) is 1.33. The second kappa shape index (κ2) is 5.75. The van der Waals surface area contributed by atoms with Gasteiger partial charge in [0.1, 0.15) is 17.9 Å². The number of benzene rings is 1. The monoisotopic (exact) mass is 307 g/mol. The van der Waals surface area contributed by atoms with E-state index in [4.69, 9.17) is 0 Å². The maximum Gasteiger partial charge on any atom is 0.325 e. The molecule has 2 rings (SSSR count). The average Bonchev–Trinajstić information content (AvgIpc) is 2.61. The lowest BCUT2D eigenvalue weighted by Gasteiger charge is -2.18. The van der Waals surface area contributed by atoms with Crippen molar-refractivity contribution < 1.29 is 18.8 Å². The molecule has 0 aliphatic carbocycles. The Bertz CT molecular complexity index is 613. The number of nitrogens with one attached hydrogen (secondary N) is 2. The predicted molar refractivity (Wildman–Crippen MR) is 77.3 cm³/mol. The highest BCUT2D eigenvalue weighted by Gasteiger charge is 2.44. The van der Waals surface area contributed by atoms with E-state index < -0.39 is 23.4 Å². The number of hydrogen-bond donors (Lipinski definition) is 2. The first-order valence-corrected chi connectivity index (χ1v) is 6.89. The Morgan fingerprint density at radius 1 is 1.32 bits per heavy atom. The summed E-state index contributed by atoms with van der Waals surface area (Å²) >= 11 is 0. The summed E-state index contributed by atoms with van der Waals surface area (Å²) in [5, 5.41) is 5.18. The third-order valence-corrected chi connectivity index (χ3v) is 3.49. The molecule has 0 radical (unpaired) electrons. The van der Waals surface area contributed by atoms with Gasteiger partial charge in [0.15, 0.2) is 0 Å². The molecule has 6 nitrogen and oxygen atoms in total. The fraction of sp³-hybridized carbons (Fsp3) is 0.400. The topological polar surface area (TPSA) is 78.5 Å². The summed E-state index contributed by atoms with van der Waals surface area (Å²) in [6.07, 6.45) is 0. The van der Waals surface area contributed by atoms with Gasteiger partial charge >= 0.3 is 6.03 Å². The highest BCUT2D eigenvalue weighted by Crippen LogP contribution is 2.17. The molecule has 0 aromatic heterocycles. The molecule has 1 fully saturated rings. The maximum absolute atomic E-state index is 12.9. The average molecular weight is 307 g/mol. The molecule has 4 amide bonds. The third kappa shape index (κ3) is 3.24. The van der Waals surface area contributed by atoms with E-state index in [-0.39, 0.29) is 18.4 Å². The molecule has 1 aromatic rings. The minimum Gasteiger partial charge on any atom is -0.348 e. The van der Waals surface area contributed by atoms with Gasteiger partial charge in [0, 0.05) is 0 Å². The van der Waals surface area contributed by atoms with Gasteiger partial charge in [0.25, 0.3) is 5.91 Å². The number of nitrogens with zero attached hydrogens (tertiary/aromatic N) is 1. The van der Waals surface area contributed by atoms with E-state index in [9.17, 15) is 18.8 Å². The molecule has 0 bridgehead atoms. The van der Waals surface area contributed by atoms with Crippen molar-refractivity contribution in [2.24, 2.45) is 0 Å². The van der Waals surface area contributed by atoms with E-state index in [2.05, 4.69) is 10.6 Å². The van der Waals surface area contributed by atoms with Crippen LogP contribution < -0.4 is 10.6 Å². The first kappa shape index (κ1) is 15.9. The van der Waals surface area contributed by atoms with Gasteiger partial charge in [-0.05, 0) is 38.5 Å². The Morgan fingerprint density at radius 3 is 2.41 bits per heavy atom. The summed E-state index contributed by atoms with van der Waals surface area (Å²) < 4.78 is 12.9. The van der Waals surface area contributed by atoms with Gasteiger partial charge in [-0.2, -0.15) is 0 Å². The van der Waals surface area contributed by atoms with Crippen LogP contribution in [0.1, 0.15) is 32.4 Å². The van der Waals surface area contributed by atoms with Gasteiger partial charge in [0.05, 0.1) is 6.04 Å². The van der Waals surface area contributed by atoms with Gasteiger partial charge in [-0.1, -0.05) is 12.1 Å². The van der Waals surface area contributed by atoms with E-state index in [1.54, 1.807) is 32.9 Å². The van der Waals surface area contributed by atoms with E-state index in [0.29, 0.717) is 0 Å². The largest absolute Gasteiger partial charge is 0.348 e. The van der Waals surface area contributed by atoms with E-state index >= 15 is 0 Å². The Morgan fingerprint density at radius 2 is 1.91 bits per heavy atom. The highest BCUT2D eigenvalue weighted by molar-refractivity contribution is 6.08. The first-order valence-electron chi connectivity index (χ1n) is 6.89. The molecule has 7 heteroatoms. The van der Waals surface area contributed by atoms with E-state index in [0.717, 1.165) is 10.5 Å². The number of imide groups is 1. The van der Waals surface area contributed by atoms with Gasteiger partial charge < -0.3 is 10.6 Å². The van der Waals surface area contributed by atoms with Crippen molar-refractivity contribution >= 4 is 17.8 Å². The number of carbonyl (C=O) groups is 3. The van der Waals surface area contributed by atoms with Crippen molar-refractivity contribution in [1.29, 1.82) is 0 Å². The quantitative estimate of drug-likeness (QED) is 0.824. The number of halogens is 1. The second-order valence-corrected chi connectivity index (χ2v) is 5.79. The molecule has 118 valence electrons. The molecule has 1 aliphatic heterocycles. The lowest BCUT2D eigenvalue weighted by atomic mass is 10.1. The van der Waals surface area contributed by atoms with Crippen molar-refractivity contribution in [1.82, 2.24) is 15.5 Å². The number of hydrogen-bond acceptors (Lipinski definition) is 3. The van der Waals surface area contributed by atoms with Crippen LogP contribution in [-0.4, -0.2) is 34.8 Å². The van der Waals surface area contributed by atoms with Crippen LogP contribution in [0.15, 0.2) is 24.3 Å². The van der Waals surface area contributed by atoms with Crippen LogP contribution in [0.4, 0.5) is 9.18 Å². The zero-order chi connectivity index (χ0) is 16.5. The van der Waals surface area contributed by atoms with Gasteiger partial charge in [0.2, 0.25) is 5.91 Å². The van der Waals surface area contributed by atoms with Gasteiger partial charge in [-0.25, -0.2) is 9.18 Å². The number of amides is 4. The molecule has 0 saturated carbocycles. The summed E-state index contributed by atoms with van der Waals surface area (Å²) in [5.74, 6) is -1.26. The molecule has 1 atom stereocenters. The molecule has 1 heterocycles. The van der Waals surface area contributed by atoms with Crippen molar-refractivity contribution in [2.45, 2.75) is 32.4 Å². The Labute approximate surface area is 127 Å². The number of carbonyl (C=O) groups excluding carboxylic acids is 3. The minimum absolute atomic E-state index is 0.348. The van der Waals surface area contributed by atoms with Gasteiger partial charge in [-0.15, -0.1) is 0 Å². The van der Waals surface area contributed by atoms with Crippen LogP contribution >= 0.6 is 0 Å². The van der Waals surface area contributed by atoms with Crippen LogP contribution in [0.5, 0.6) is 0 Å². The first-order chi connectivity index (χ1) is 10.2. The summed E-state index contributed by atoms with van der Waals surface area (Å²) in [7, 11) is 0. The third-order valence-electron chi connectivity index (χ3n) is 3.49. The zero-order valence-electron chi connectivity index (χ0n) is 12.6. The Kier molecular flexibility index (Phi) is 4.16. The summed E-state index contributed by atoms with van der Waals surface area (Å²) in [6.45, 7) is 4.54. The summed E-state index contributed by atoms with van der Waals surface area (Å²) in [5.41, 5.74) is -0.271. The molecular formula is C15H18FN3O3. The zero-order valence-corrected chi connectivity index (χ0v) is 12.6. The second-order valence-electron chi connectivity index (χ2n) is 5.79. The van der Waals surface area contributed by atoms with Crippen molar-refractivity contribution in [3.05, 3.63) is 35.6 Å². The van der Waals surface area contributed by atoms with Crippen LogP contribution in [-0.2, 0) is 9.59 Å². The molecule has 1 aromatic carbocycles. The van der Waals surface area contributed by atoms with E-state index in [1.807, 2.05) is 0 Å². The molecule has 0 spiro atoms. The van der Waals surface area contributed by atoms with Crippen molar-refractivity contribution in [3.8, 4) is 0 Å². The highest BCUT2D eigenvalue weighted by atomic mass is 19.1. The number of urea groups is 1. The summed E-state index contributed by atoms with van der Waals surface area (Å²) in [6, 6.07) is 4.80. The lowest BCUT2D eigenvalue weighted by Crippen LogP contribution is -2.43. The molecule has 1 aliphatic rings. The van der Waals surface area contributed by atoms with Crippen molar-refractivity contribution in [3.63, 3.8) is 0 Å². The fourth-order valence-electron chi connectivity index (χ4n) is 2.23. The molecular weight excluding hydrogens is 289 g/mol. The minimum atomic E-state index is -1.00. The van der Waals surface area contributed by atoms with Crippen LogP contribution in [0, 0.1) is 5.82 Å². The number of rotatable bonds is 4. The normalized spacial score (nSPS) is 18.1. The molecule has 0 unspecified atom stereocenters. The van der Waals surface area contributed by atoms with Crippen LogP contribution in [0.25, 0.3) is 0 Å². The Balaban J connectivity index is 1.97. The SMILES string of the molecule is C[C@@H](NC(=O)CN1C(=O)NC(C)(C)C1=O)c1ccc(F)cc1. The van der Waals surface area contributed by atoms with Crippen molar-refractivity contribution in [2.75, 3.05) is 6.54 Å². The van der Waals surface area contributed by atoms with E-state index in [1.165, 1.54) is 12.1 Å². The smallest absolute Gasteiger partial charge is 0.325 e. The lowest BCUT2D eigenvalue weighted by molar-refractivity contribution is -0.134. The molecule has 22 heavy (non-hydrogen) atoms. The standard InChI is InChI=1S/C15H18FN3O3/c1-9(10-4-6-11(16)7-5-10)17-12(20)8-19-13(21)15(2,3)18-14(19)22/h4-7,9H,8H2,1-3H3,(H,17,20)(H,18,22)/t9-/m1/s1. The van der Waals surface area contributed by atoms with Crippen LogP contribution in [0.2, 0.25) is 0 Å².